The van der Waals surface area contributed by atoms with Gasteiger partial charge in [0.05, 0.1) is 35.0 Å². The van der Waals surface area contributed by atoms with E-state index in [0.717, 1.165) is 22.4 Å². The lowest BCUT2D eigenvalue weighted by atomic mass is 10.0. The van der Waals surface area contributed by atoms with E-state index in [-0.39, 0.29) is 6.54 Å². The highest BCUT2D eigenvalue weighted by molar-refractivity contribution is 6.52. The topological polar surface area (TPSA) is 46.6 Å². The third kappa shape index (κ3) is 3.26. The standard InChI is InChI=1S/C22H15Cl2NO3/c1-28-16-6-3-14(4-7-16)15-5-9-20-17(11-15)21(26)22(27)25(20)12-13-2-8-18(23)19(24)10-13/h2-11H,12H2,1H3. The van der Waals surface area contributed by atoms with Gasteiger partial charge in [-0.3, -0.25) is 9.59 Å². The lowest BCUT2D eigenvalue weighted by Crippen LogP contribution is -2.29. The molecule has 6 heteroatoms. The number of ketones is 1. The first kappa shape index (κ1) is 18.5. The fourth-order valence-corrected chi connectivity index (χ4v) is 3.56. The van der Waals surface area contributed by atoms with E-state index in [1.165, 1.54) is 4.90 Å². The van der Waals surface area contributed by atoms with E-state index in [9.17, 15) is 9.59 Å². The molecule has 4 nitrogen and oxygen atoms in total. The summed E-state index contributed by atoms with van der Waals surface area (Å²) in [5.41, 5.74) is 3.59. The molecule has 140 valence electrons. The fourth-order valence-electron chi connectivity index (χ4n) is 3.24. The Labute approximate surface area is 172 Å². The van der Waals surface area contributed by atoms with Gasteiger partial charge in [0.15, 0.2) is 0 Å². The van der Waals surface area contributed by atoms with Gasteiger partial charge in [-0.1, -0.05) is 47.5 Å². The summed E-state index contributed by atoms with van der Waals surface area (Å²) in [6.07, 6.45) is 0. The summed E-state index contributed by atoms with van der Waals surface area (Å²) in [6, 6.07) is 18.1. The Morgan fingerprint density at radius 3 is 2.25 bits per heavy atom. The molecule has 3 aromatic carbocycles. The van der Waals surface area contributed by atoms with E-state index in [4.69, 9.17) is 27.9 Å². The second-order valence-corrected chi connectivity index (χ2v) is 7.24. The van der Waals surface area contributed by atoms with E-state index in [1.807, 2.05) is 30.3 Å². The molecule has 0 atom stereocenters. The molecule has 1 amide bonds. The molecule has 4 rings (SSSR count). The van der Waals surface area contributed by atoms with Crippen molar-refractivity contribution in [1.29, 1.82) is 0 Å². The van der Waals surface area contributed by atoms with Crippen molar-refractivity contribution < 1.29 is 14.3 Å². The molecule has 1 aliphatic heterocycles. The number of benzene rings is 3. The molecule has 0 fully saturated rings. The van der Waals surface area contributed by atoms with Gasteiger partial charge in [-0.25, -0.2) is 0 Å². The number of ether oxygens (including phenoxy) is 1. The van der Waals surface area contributed by atoms with Gasteiger partial charge in [-0.05, 0) is 53.1 Å². The van der Waals surface area contributed by atoms with Crippen molar-refractivity contribution >= 4 is 40.6 Å². The number of carbonyl (C=O) groups excluding carboxylic acids is 2. The van der Waals surface area contributed by atoms with Crippen molar-refractivity contribution in [2.75, 3.05) is 12.0 Å². The quantitative estimate of drug-likeness (QED) is 0.540. The predicted molar refractivity (Wildman–Crippen MR) is 110 cm³/mol. The Morgan fingerprint density at radius 2 is 1.57 bits per heavy atom. The van der Waals surface area contributed by atoms with Gasteiger partial charge in [0.2, 0.25) is 0 Å². The largest absolute Gasteiger partial charge is 0.497 e. The fraction of sp³-hybridized carbons (Fsp3) is 0.0909. The normalized spacial score (nSPS) is 13.0. The van der Waals surface area contributed by atoms with Crippen LogP contribution in [0.15, 0.2) is 60.7 Å². The molecule has 1 aliphatic rings. The Morgan fingerprint density at radius 1 is 0.857 bits per heavy atom. The van der Waals surface area contributed by atoms with Gasteiger partial charge < -0.3 is 9.64 Å². The highest BCUT2D eigenvalue weighted by atomic mass is 35.5. The van der Waals surface area contributed by atoms with Crippen LogP contribution in [0, 0.1) is 0 Å². The smallest absolute Gasteiger partial charge is 0.299 e. The van der Waals surface area contributed by atoms with E-state index in [2.05, 4.69) is 0 Å². The summed E-state index contributed by atoms with van der Waals surface area (Å²) in [7, 11) is 1.61. The van der Waals surface area contributed by atoms with Crippen molar-refractivity contribution in [2.24, 2.45) is 0 Å². The number of hydrogen-bond donors (Lipinski definition) is 0. The number of rotatable bonds is 4. The van der Waals surface area contributed by atoms with Crippen molar-refractivity contribution in [1.82, 2.24) is 0 Å². The minimum absolute atomic E-state index is 0.246. The molecule has 0 aliphatic carbocycles. The van der Waals surface area contributed by atoms with E-state index in [0.29, 0.717) is 21.3 Å². The van der Waals surface area contributed by atoms with Crippen molar-refractivity contribution in [3.05, 3.63) is 81.8 Å². The van der Waals surface area contributed by atoms with Gasteiger partial charge in [0.1, 0.15) is 5.75 Å². The second-order valence-electron chi connectivity index (χ2n) is 6.43. The highest BCUT2D eigenvalue weighted by Gasteiger charge is 2.36. The molecule has 3 aromatic rings. The lowest BCUT2D eigenvalue weighted by molar-refractivity contribution is -0.114. The molecule has 0 saturated carbocycles. The van der Waals surface area contributed by atoms with Crippen LogP contribution in [-0.2, 0) is 11.3 Å². The summed E-state index contributed by atoms with van der Waals surface area (Å²) < 4.78 is 5.17. The third-order valence-corrected chi connectivity index (χ3v) is 5.46. The second kappa shape index (κ2) is 7.30. The van der Waals surface area contributed by atoms with Crippen molar-refractivity contribution in [3.8, 4) is 16.9 Å². The van der Waals surface area contributed by atoms with Crippen LogP contribution < -0.4 is 9.64 Å². The van der Waals surface area contributed by atoms with Crippen LogP contribution in [0.25, 0.3) is 11.1 Å². The summed E-state index contributed by atoms with van der Waals surface area (Å²) in [5, 5.41) is 0.853. The summed E-state index contributed by atoms with van der Waals surface area (Å²) in [4.78, 5) is 26.6. The Kier molecular flexibility index (Phi) is 4.84. The number of hydrogen-bond acceptors (Lipinski definition) is 3. The van der Waals surface area contributed by atoms with E-state index >= 15 is 0 Å². The zero-order valence-electron chi connectivity index (χ0n) is 14.9. The maximum atomic E-state index is 12.6. The molecule has 0 N–H and O–H groups in total. The zero-order valence-corrected chi connectivity index (χ0v) is 16.4. The lowest BCUT2D eigenvalue weighted by Gasteiger charge is -2.17. The van der Waals surface area contributed by atoms with Crippen LogP contribution >= 0.6 is 23.2 Å². The van der Waals surface area contributed by atoms with Crippen LogP contribution in [0.1, 0.15) is 15.9 Å². The molecule has 0 unspecified atom stereocenters. The van der Waals surface area contributed by atoms with Crippen LogP contribution in [0.2, 0.25) is 10.0 Å². The SMILES string of the molecule is COc1ccc(-c2ccc3c(c2)C(=O)C(=O)N3Cc2ccc(Cl)c(Cl)c2)cc1. The summed E-state index contributed by atoms with van der Waals surface area (Å²) in [6.45, 7) is 0.246. The Bertz CT molecular complexity index is 1090. The van der Waals surface area contributed by atoms with Gasteiger partial charge in [-0.2, -0.15) is 0 Å². The number of amides is 1. The number of halogens is 2. The molecule has 0 bridgehead atoms. The maximum Gasteiger partial charge on any atom is 0.299 e. The Balaban J connectivity index is 1.67. The summed E-state index contributed by atoms with van der Waals surface area (Å²) >= 11 is 12.0. The van der Waals surface area contributed by atoms with Crippen molar-refractivity contribution in [2.45, 2.75) is 6.54 Å². The van der Waals surface area contributed by atoms with E-state index in [1.54, 1.807) is 37.4 Å². The number of methoxy groups -OCH3 is 1. The third-order valence-electron chi connectivity index (χ3n) is 4.72. The zero-order chi connectivity index (χ0) is 19.8. The molecule has 28 heavy (non-hydrogen) atoms. The minimum atomic E-state index is -0.548. The molecular formula is C22H15Cl2NO3. The van der Waals surface area contributed by atoms with Crippen LogP contribution in [0.4, 0.5) is 5.69 Å². The van der Waals surface area contributed by atoms with Crippen LogP contribution in [0.3, 0.4) is 0 Å². The average molecular weight is 412 g/mol. The highest BCUT2D eigenvalue weighted by Crippen LogP contribution is 2.35. The molecule has 0 saturated heterocycles. The average Bonchev–Trinajstić information content (AvgIpc) is 2.95. The van der Waals surface area contributed by atoms with Crippen LogP contribution in [0.5, 0.6) is 5.75 Å². The maximum absolute atomic E-state index is 12.6. The van der Waals surface area contributed by atoms with Gasteiger partial charge in [0.25, 0.3) is 11.7 Å². The molecule has 0 spiro atoms. The van der Waals surface area contributed by atoms with Gasteiger partial charge >= 0.3 is 0 Å². The van der Waals surface area contributed by atoms with Crippen LogP contribution in [-0.4, -0.2) is 18.8 Å². The molecule has 0 aromatic heterocycles. The number of fused-ring (bicyclic) bond motifs is 1. The predicted octanol–water partition coefficient (Wildman–Crippen LogP) is 5.40. The number of Topliss-reactive ketones (excluding diaryl/α,β-unsaturated/α-hetero) is 1. The van der Waals surface area contributed by atoms with Gasteiger partial charge in [-0.15, -0.1) is 0 Å². The minimum Gasteiger partial charge on any atom is -0.497 e. The molecular weight excluding hydrogens is 397 g/mol. The molecule has 1 heterocycles. The first-order chi connectivity index (χ1) is 13.5. The first-order valence-electron chi connectivity index (χ1n) is 8.56. The Hall–Kier alpha value is -2.82. The number of anilines is 1. The molecule has 0 radical (unpaired) electrons. The van der Waals surface area contributed by atoms with Gasteiger partial charge in [0, 0.05) is 0 Å². The first-order valence-corrected chi connectivity index (χ1v) is 9.32. The number of carbonyl (C=O) groups is 2. The van der Waals surface area contributed by atoms with E-state index < -0.39 is 11.7 Å². The summed E-state index contributed by atoms with van der Waals surface area (Å²) in [5.74, 6) is -0.303. The number of nitrogens with zero attached hydrogens (tertiary/aromatic N) is 1. The van der Waals surface area contributed by atoms with Crippen molar-refractivity contribution in [3.63, 3.8) is 0 Å². The monoisotopic (exact) mass is 411 g/mol.